The predicted molar refractivity (Wildman–Crippen MR) is 99.3 cm³/mol. The zero-order valence-corrected chi connectivity index (χ0v) is 15.5. The second-order valence-corrected chi connectivity index (χ2v) is 6.14. The number of benzene rings is 2. The van der Waals surface area contributed by atoms with Crippen LogP contribution in [0.5, 0.6) is 11.5 Å². The number of hydrogen-bond acceptors (Lipinski definition) is 3. The highest BCUT2D eigenvalue weighted by Gasteiger charge is 2.08. The molecular weight excluding hydrogens is 370 g/mol. The number of methoxy groups -OCH3 is 2. The molecule has 1 atom stereocenters. The molecule has 2 aromatic rings. The molecule has 2 rings (SSSR count). The van der Waals surface area contributed by atoms with Crippen molar-refractivity contribution in [2.75, 3.05) is 14.2 Å². The quantitative estimate of drug-likeness (QED) is 0.746. The van der Waals surface area contributed by atoms with E-state index in [1.807, 2.05) is 43.3 Å². The molecule has 2 aromatic carbocycles. The molecular formula is C19H20BrNO3. The highest BCUT2D eigenvalue weighted by Crippen LogP contribution is 2.25. The molecule has 24 heavy (non-hydrogen) atoms. The fourth-order valence-electron chi connectivity index (χ4n) is 2.22. The van der Waals surface area contributed by atoms with Gasteiger partial charge < -0.3 is 14.8 Å². The molecule has 4 nitrogen and oxygen atoms in total. The number of hydrogen-bond donors (Lipinski definition) is 1. The van der Waals surface area contributed by atoms with Gasteiger partial charge in [-0.05, 0) is 42.8 Å². The van der Waals surface area contributed by atoms with Crippen molar-refractivity contribution in [1.29, 1.82) is 0 Å². The van der Waals surface area contributed by atoms with Gasteiger partial charge in [0.1, 0.15) is 11.5 Å². The van der Waals surface area contributed by atoms with Crippen LogP contribution in [0.2, 0.25) is 0 Å². The molecule has 0 fully saturated rings. The molecule has 0 unspecified atom stereocenters. The fourth-order valence-corrected chi connectivity index (χ4v) is 2.48. The largest absolute Gasteiger partial charge is 0.497 e. The Labute approximate surface area is 150 Å². The summed E-state index contributed by atoms with van der Waals surface area (Å²) in [6.45, 7) is 1.95. The summed E-state index contributed by atoms with van der Waals surface area (Å²) in [5.74, 6) is 1.19. The summed E-state index contributed by atoms with van der Waals surface area (Å²) in [6.07, 6.45) is 3.22. The lowest BCUT2D eigenvalue weighted by atomic mass is 10.1. The van der Waals surface area contributed by atoms with Crippen molar-refractivity contribution in [2.24, 2.45) is 0 Å². The topological polar surface area (TPSA) is 47.6 Å². The number of carbonyl (C=O) groups is 1. The van der Waals surface area contributed by atoms with Crippen molar-refractivity contribution >= 4 is 27.9 Å². The number of nitrogens with one attached hydrogen (secondary N) is 1. The molecule has 0 saturated carbocycles. The number of amides is 1. The van der Waals surface area contributed by atoms with Gasteiger partial charge in [0.05, 0.1) is 20.3 Å². The maximum Gasteiger partial charge on any atom is 0.244 e. The Morgan fingerprint density at radius 1 is 1.12 bits per heavy atom. The van der Waals surface area contributed by atoms with Crippen molar-refractivity contribution in [3.05, 3.63) is 64.1 Å². The number of ether oxygens (including phenoxy) is 2. The van der Waals surface area contributed by atoms with Crippen LogP contribution in [0.1, 0.15) is 24.1 Å². The third-order valence-electron chi connectivity index (χ3n) is 3.58. The van der Waals surface area contributed by atoms with Gasteiger partial charge in [0.15, 0.2) is 0 Å². The van der Waals surface area contributed by atoms with Gasteiger partial charge in [-0.1, -0.05) is 28.1 Å². The number of carbonyl (C=O) groups excluding carboxylic acids is 1. The second-order valence-electron chi connectivity index (χ2n) is 5.22. The van der Waals surface area contributed by atoms with Gasteiger partial charge in [0.2, 0.25) is 5.91 Å². The lowest BCUT2D eigenvalue weighted by Gasteiger charge is -2.13. The molecule has 0 heterocycles. The van der Waals surface area contributed by atoms with E-state index in [2.05, 4.69) is 21.2 Å². The summed E-state index contributed by atoms with van der Waals surface area (Å²) >= 11 is 3.40. The highest BCUT2D eigenvalue weighted by atomic mass is 79.9. The van der Waals surface area contributed by atoms with E-state index in [1.54, 1.807) is 26.4 Å². The number of rotatable bonds is 6. The van der Waals surface area contributed by atoms with E-state index in [4.69, 9.17) is 9.47 Å². The summed E-state index contributed by atoms with van der Waals surface area (Å²) in [4.78, 5) is 12.1. The lowest BCUT2D eigenvalue weighted by Crippen LogP contribution is -2.24. The molecule has 0 radical (unpaired) electrons. The van der Waals surface area contributed by atoms with Crippen LogP contribution in [0.4, 0.5) is 0 Å². The van der Waals surface area contributed by atoms with E-state index in [1.165, 1.54) is 6.08 Å². The van der Waals surface area contributed by atoms with Gasteiger partial charge >= 0.3 is 0 Å². The van der Waals surface area contributed by atoms with Gasteiger partial charge in [0, 0.05) is 22.2 Å². The van der Waals surface area contributed by atoms with Crippen molar-refractivity contribution in [3.63, 3.8) is 0 Å². The minimum atomic E-state index is -0.164. The normalized spacial score (nSPS) is 12.0. The van der Waals surface area contributed by atoms with Gasteiger partial charge in [-0.2, -0.15) is 0 Å². The Hall–Kier alpha value is -2.27. The van der Waals surface area contributed by atoms with Crippen LogP contribution in [0, 0.1) is 0 Å². The maximum absolute atomic E-state index is 12.1. The van der Waals surface area contributed by atoms with Gasteiger partial charge in [0.25, 0.3) is 0 Å². The van der Waals surface area contributed by atoms with Crippen LogP contribution >= 0.6 is 15.9 Å². The summed E-state index contributed by atoms with van der Waals surface area (Å²) < 4.78 is 11.5. The minimum absolute atomic E-state index is 0.0759. The minimum Gasteiger partial charge on any atom is -0.497 e. The monoisotopic (exact) mass is 389 g/mol. The van der Waals surface area contributed by atoms with Crippen LogP contribution in [0.15, 0.2) is 53.0 Å². The third-order valence-corrected chi connectivity index (χ3v) is 4.11. The Morgan fingerprint density at radius 2 is 1.83 bits per heavy atom. The van der Waals surface area contributed by atoms with E-state index in [0.717, 1.165) is 15.6 Å². The molecule has 0 saturated heterocycles. The molecule has 0 aliphatic heterocycles. The standard InChI is InChI=1S/C19H20BrNO3/c1-13(14-4-8-16(20)9-5-14)21-19(22)11-7-15-6-10-17(23-2)12-18(15)24-3/h4-13H,1-3H3,(H,21,22)/b11-7+/t13-/m1/s1. The van der Waals surface area contributed by atoms with Crippen LogP contribution in [0.25, 0.3) is 6.08 Å². The van der Waals surface area contributed by atoms with Gasteiger partial charge in [-0.3, -0.25) is 4.79 Å². The van der Waals surface area contributed by atoms with Crippen LogP contribution in [0.3, 0.4) is 0 Å². The third kappa shape index (κ3) is 4.86. The summed E-state index contributed by atoms with van der Waals surface area (Å²) in [5.41, 5.74) is 1.85. The van der Waals surface area contributed by atoms with E-state index in [0.29, 0.717) is 11.5 Å². The Morgan fingerprint density at radius 3 is 2.46 bits per heavy atom. The van der Waals surface area contributed by atoms with Crippen molar-refractivity contribution in [1.82, 2.24) is 5.32 Å². The molecule has 1 amide bonds. The predicted octanol–water partition coefficient (Wildman–Crippen LogP) is 4.36. The maximum atomic E-state index is 12.1. The molecule has 0 aliphatic carbocycles. The fraction of sp³-hybridized carbons (Fsp3) is 0.211. The first-order valence-corrected chi connectivity index (χ1v) is 8.29. The van der Waals surface area contributed by atoms with E-state index in [-0.39, 0.29) is 11.9 Å². The van der Waals surface area contributed by atoms with Crippen LogP contribution in [-0.4, -0.2) is 20.1 Å². The lowest BCUT2D eigenvalue weighted by molar-refractivity contribution is -0.117. The Bertz CT molecular complexity index is 726. The van der Waals surface area contributed by atoms with Crippen molar-refractivity contribution in [3.8, 4) is 11.5 Å². The smallest absolute Gasteiger partial charge is 0.244 e. The van der Waals surface area contributed by atoms with E-state index >= 15 is 0 Å². The zero-order chi connectivity index (χ0) is 17.5. The van der Waals surface area contributed by atoms with E-state index < -0.39 is 0 Å². The zero-order valence-electron chi connectivity index (χ0n) is 13.9. The summed E-state index contributed by atoms with van der Waals surface area (Å²) in [6, 6.07) is 13.2. The van der Waals surface area contributed by atoms with Crippen LogP contribution in [-0.2, 0) is 4.79 Å². The molecule has 1 N–H and O–H groups in total. The molecule has 0 aliphatic rings. The molecule has 0 aromatic heterocycles. The van der Waals surface area contributed by atoms with Crippen molar-refractivity contribution < 1.29 is 14.3 Å². The van der Waals surface area contributed by atoms with Crippen LogP contribution < -0.4 is 14.8 Å². The van der Waals surface area contributed by atoms with Gasteiger partial charge in [-0.25, -0.2) is 0 Å². The molecule has 0 bridgehead atoms. The SMILES string of the molecule is COc1ccc(/C=C/C(=O)N[C@H](C)c2ccc(Br)cc2)c(OC)c1. The first kappa shape index (κ1) is 18.1. The average Bonchev–Trinajstić information content (AvgIpc) is 2.60. The average molecular weight is 390 g/mol. The van der Waals surface area contributed by atoms with Crippen molar-refractivity contribution in [2.45, 2.75) is 13.0 Å². The summed E-state index contributed by atoms with van der Waals surface area (Å²) in [7, 11) is 3.18. The number of halogens is 1. The molecule has 126 valence electrons. The van der Waals surface area contributed by atoms with Gasteiger partial charge in [-0.15, -0.1) is 0 Å². The Kier molecular flexibility index (Phi) is 6.44. The first-order chi connectivity index (χ1) is 11.5. The first-order valence-electron chi connectivity index (χ1n) is 7.49. The Balaban J connectivity index is 2.03. The molecule has 5 heteroatoms. The molecule has 0 spiro atoms. The second kappa shape index (κ2) is 8.55. The van der Waals surface area contributed by atoms with E-state index in [9.17, 15) is 4.79 Å². The summed E-state index contributed by atoms with van der Waals surface area (Å²) in [5, 5.41) is 2.94. The highest BCUT2D eigenvalue weighted by molar-refractivity contribution is 9.10.